The van der Waals surface area contributed by atoms with Crippen LogP contribution in [0.4, 0.5) is 0 Å². The SMILES string of the molecule is Cc1cccc2c(C3CCC(C)CC3)c[nH]c12. The fourth-order valence-electron chi connectivity index (χ4n) is 3.24. The molecule has 1 aliphatic rings. The highest BCUT2D eigenvalue weighted by atomic mass is 14.7. The standard InChI is InChI=1S/C16H21N/c1-11-6-8-13(9-7-11)15-10-17-16-12(2)4-3-5-14(15)16/h3-5,10-11,13,17H,6-9H2,1-2H3. The molecule has 1 heterocycles. The van der Waals surface area contributed by atoms with Crippen LogP contribution >= 0.6 is 0 Å². The third kappa shape index (κ3) is 1.88. The predicted molar refractivity (Wildman–Crippen MR) is 73.4 cm³/mol. The van der Waals surface area contributed by atoms with Gasteiger partial charge in [-0.3, -0.25) is 0 Å². The van der Waals surface area contributed by atoms with Crippen LogP contribution in [0.5, 0.6) is 0 Å². The molecule has 1 aromatic heterocycles. The van der Waals surface area contributed by atoms with E-state index in [1.807, 2.05) is 0 Å². The van der Waals surface area contributed by atoms with Gasteiger partial charge in [0.15, 0.2) is 0 Å². The van der Waals surface area contributed by atoms with Gasteiger partial charge in [0.05, 0.1) is 0 Å². The molecule has 0 atom stereocenters. The molecule has 17 heavy (non-hydrogen) atoms. The lowest BCUT2D eigenvalue weighted by Gasteiger charge is -2.25. The highest BCUT2D eigenvalue weighted by Crippen LogP contribution is 2.38. The number of H-pyrrole nitrogens is 1. The molecule has 1 nitrogen and oxygen atoms in total. The zero-order valence-electron chi connectivity index (χ0n) is 10.8. The van der Waals surface area contributed by atoms with Gasteiger partial charge in [-0.05, 0) is 42.7 Å². The first-order valence-corrected chi connectivity index (χ1v) is 6.82. The van der Waals surface area contributed by atoms with Gasteiger partial charge in [0.25, 0.3) is 0 Å². The molecule has 1 aliphatic carbocycles. The van der Waals surface area contributed by atoms with Gasteiger partial charge in [-0.2, -0.15) is 0 Å². The van der Waals surface area contributed by atoms with Gasteiger partial charge < -0.3 is 4.98 Å². The Labute approximate surface area is 103 Å². The van der Waals surface area contributed by atoms with Gasteiger partial charge in [0.1, 0.15) is 0 Å². The summed E-state index contributed by atoms with van der Waals surface area (Å²) in [5.41, 5.74) is 4.25. The summed E-state index contributed by atoms with van der Waals surface area (Å²) in [6.07, 6.45) is 7.76. The Hall–Kier alpha value is -1.24. The van der Waals surface area contributed by atoms with Crippen molar-refractivity contribution in [3.8, 4) is 0 Å². The van der Waals surface area contributed by atoms with Gasteiger partial charge >= 0.3 is 0 Å². The first-order chi connectivity index (χ1) is 8.25. The van der Waals surface area contributed by atoms with Crippen molar-refractivity contribution in [2.24, 2.45) is 5.92 Å². The van der Waals surface area contributed by atoms with E-state index in [4.69, 9.17) is 0 Å². The summed E-state index contributed by atoms with van der Waals surface area (Å²) < 4.78 is 0. The first-order valence-electron chi connectivity index (χ1n) is 6.82. The fraction of sp³-hybridized carbons (Fsp3) is 0.500. The number of aromatic amines is 1. The van der Waals surface area contributed by atoms with Crippen LogP contribution in [-0.4, -0.2) is 4.98 Å². The summed E-state index contributed by atoms with van der Waals surface area (Å²) >= 11 is 0. The Morgan fingerprint density at radius 3 is 2.65 bits per heavy atom. The van der Waals surface area contributed by atoms with Crippen LogP contribution in [0.2, 0.25) is 0 Å². The Balaban J connectivity index is 1.98. The summed E-state index contributed by atoms with van der Waals surface area (Å²) in [5, 5.41) is 1.45. The molecule has 0 unspecified atom stereocenters. The van der Waals surface area contributed by atoms with Crippen LogP contribution < -0.4 is 0 Å². The lowest BCUT2D eigenvalue weighted by molar-refractivity contribution is 0.349. The molecule has 2 aromatic rings. The van der Waals surface area contributed by atoms with Crippen molar-refractivity contribution < 1.29 is 0 Å². The second-order valence-corrected chi connectivity index (χ2v) is 5.70. The molecule has 3 rings (SSSR count). The van der Waals surface area contributed by atoms with Gasteiger partial charge in [0, 0.05) is 17.1 Å². The van der Waals surface area contributed by atoms with Crippen LogP contribution in [0.25, 0.3) is 10.9 Å². The fourth-order valence-corrected chi connectivity index (χ4v) is 3.24. The molecule has 0 radical (unpaired) electrons. The number of benzene rings is 1. The quantitative estimate of drug-likeness (QED) is 0.722. The molecule has 0 bridgehead atoms. The molecular formula is C16H21N. The van der Waals surface area contributed by atoms with Crippen molar-refractivity contribution in [3.63, 3.8) is 0 Å². The molecule has 0 aliphatic heterocycles. The Bertz CT molecular complexity index is 515. The largest absolute Gasteiger partial charge is 0.361 e. The van der Waals surface area contributed by atoms with Crippen molar-refractivity contribution in [2.45, 2.75) is 45.4 Å². The first kappa shape index (κ1) is 10.9. The average Bonchev–Trinajstić information content (AvgIpc) is 2.75. The van der Waals surface area contributed by atoms with E-state index in [0.29, 0.717) is 0 Å². The number of hydrogen-bond donors (Lipinski definition) is 1. The van der Waals surface area contributed by atoms with Crippen LogP contribution in [0, 0.1) is 12.8 Å². The second-order valence-electron chi connectivity index (χ2n) is 5.70. The maximum absolute atomic E-state index is 3.46. The number of fused-ring (bicyclic) bond motifs is 1. The Morgan fingerprint density at radius 1 is 1.12 bits per heavy atom. The summed E-state index contributed by atoms with van der Waals surface area (Å²) in [6, 6.07) is 6.64. The van der Waals surface area contributed by atoms with E-state index in [-0.39, 0.29) is 0 Å². The van der Waals surface area contributed by atoms with E-state index in [0.717, 1.165) is 11.8 Å². The lowest BCUT2D eigenvalue weighted by Crippen LogP contribution is -2.10. The molecule has 90 valence electrons. The summed E-state index contributed by atoms with van der Waals surface area (Å²) in [7, 11) is 0. The molecule has 1 aromatic carbocycles. The summed E-state index contributed by atoms with van der Waals surface area (Å²) in [4.78, 5) is 3.46. The van der Waals surface area contributed by atoms with Crippen molar-refractivity contribution in [2.75, 3.05) is 0 Å². The molecule has 1 saturated carbocycles. The molecule has 1 fully saturated rings. The zero-order chi connectivity index (χ0) is 11.8. The minimum absolute atomic E-state index is 0.779. The highest BCUT2D eigenvalue weighted by Gasteiger charge is 2.22. The van der Waals surface area contributed by atoms with E-state index in [1.54, 1.807) is 5.56 Å². The van der Waals surface area contributed by atoms with Gasteiger partial charge in [-0.25, -0.2) is 0 Å². The Morgan fingerprint density at radius 2 is 1.88 bits per heavy atom. The van der Waals surface area contributed by atoms with Crippen LogP contribution in [0.1, 0.15) is 49.7 Å². The third-order valence-corrected chi connectivity index (χ3v) is 4.41. The summed E-state index contributed by atoms with van der Waals surface area (Å²) in [5.74, 6) is 1.71. The minimum atomic E-state index is 0.779. The van der Waals surface area contributed by atoms with Crippen molar-refractivity contribution in [3.05, 3.63) is 35.5 Å². The van der Waals surface area contributed by atoms with E-state index in [9.17, 15) is 0 Å². The third-order valence-electron chi connectivity index (χ3n) is 4.41. The van der Waals surface area contributed by atoms with E-state index in [1.165, 1.54) is 42.1 Å². The maximum Gasteiger partial charge on any atom is 0.0486 e. The number of aromatic nitrogens is 1. The topological polar surface area (TPSA) is 15.8 Å². The number of hydrogen-bond acceptors (Lipinski definition) is 0. The van der Waals surface area contributed by atoms with Crippen molar-refractivity contribution in [1.29, 1.82) is 0 Å². The highest BCUT2D eigenvalue weighted by molar-refractivity contribution is 5.86. The van der Waals surface area contributed by atoms with Gasteiger partial charge in [-0.15, -0.1) is 0 Å². The van der Waals surface area contributed by atoms with Crippen molar-refractivity contribution in [1.82, 2.24) is 4.98 Å². The minimum Gasteiger partial charge on any atom is -0.361 e. The van der Waals surface area contributed by atoms with E-state index >= 15 is 0 Å². The van der Waals surface area contributed by atoms with Crippen LogP contribution in [0.15, 0.2) is 24.4 Å². The van der Waals surface area contributed by atoms with Crippen LogP contribution in [0.3, 0.4) is 0 Å². The normalized spacial score (nSPS) is 25.3. The van der Waals surface area contributed by atoms with Crippen molar-refractivity contribution >= 4 is 10.9 Å². The smallest absolute Gasteiger partial charge is 0.0486 e. The predicted octanol–water partition coefficient (Wildman–Crippen LogP) is 4.77. The molecule has 0 spiro atoms. The number of aryl methyl sites for hydroxylation is 1. The Kier molecular flexibility index (Phi) is 2.70. The van der Waals surface area contributed by atoms with Gasteiger partial charge in [-0.1, -0.05) is 38.0 Å². The zero-order valence-corrected chi connectivity index (χ0v) is 10.8. The van der Waals surface area contributed by atoms with Crippen LogP contribution in [-0.2, 0) is 0 Å². The molecule has 1 heteroatoms. The second kappa shape index (κ2) is 4.21. The van der Waals surface area contributed by atoms with Gasteiger partial charge in [0.2, 0.25) is 0 Å². The number of rotatable bonds is 1. The molecule has 0 saturated heterocycles. The molecule has 1 N–H and O–H groups in total. The van der Waals surface area contributed by atoms with E-state index in [2.05, 4.69) is 43.2 Å². The number of para-hydroxylation sites is 1. The lowest BCUT2D eigenvalue weighted by atomic mass is 9.79. The maximum atomic E-state index is 3.46. The molecule has 0 amide bonds. The number of nitrogens with one attached hydrogen (secondary N) is 1. The monoisotopic (exact) mass is 227 g/mol. The molecular weight excluding hydrogens is 206 g/mol. The van der Waals surface area contributed by atoms with E-state index < -0.39 is 0 Å². The average molecular weight is 227 g/mol. The summed E-state index contributed by atoms with van der Waals surface area (Å²) in [6.45, 7) is 4.57.